The van der Waals surface area contributed by atoms with Gasteiger partial charge in [-0.15, -0.1) is 0 Å². The molecule has 2 aliphatic rings. The lowest BCUT2D eigenvalue weighted by Crippen LogP contribution is -2.52. The number of hydrogen-bond acceptors (Lipinski definition) is 5. The van der Waals surface area contributed by atoms with Gasteiger partial charge < -0.3 is 16.0 Å². The quantitative estimate of drug-likeness (QED) is 0.758. The molecule has 0 radical (unpaired) electrons. The van der Waals surface area contributed by atoms with Crippen LogP contribution in [0.25, 0.3) is 0 Å². The molecular weight excluding hydrogens is 226 g/mol. The van der Waals surface area contributed by atoms with Crippen molar-refractivity contribution < 1.29 is 0 Å². The predicted octanol–water partition coefficient (Wildman–Crippen LogP) is 0.281. The van der Waals surface area contributed by atoms with Crippen molar-refractivity contribution in [3.63, 3.8) is 0 Å². The molecule has 1 saturated heterocycles. The molecule has 3 N–H and O–H groups in total. The van der Waals surface area contributed by atoms with Gasteiger partial charge in [-0.1, -0.05) is 6.92 Å². The van der Waals surface area contributed by atoms with Crippen LogP contribution in [-0.4, -0.2) is 61.1 Å². The molecule has 4 atom stereocenters. The first-order valence-corrected chi connectivity index (χ1v) is 7.01. The number of likely N-dealkylation sites (N-methyl/N-ethyl adjacent to an activating group) is 1. The molecule has 0 aromatic heterocycles. The second-order valence-electron chi connectivity index (χ2n) is 5.98. The summed E-state index contributed by atoms with van der Waals surface area (Å²) in [5.74, 6) is 1.68. The van der Waals surface area contributed by atoms with Crippen LogP contribution in [0, 0.1) is 5.92 Å². The van der Waals surface area contributed by atoms with Gasteiger partial charge >= 0.3 is 0 Å². The van der Waals surface area contributed by atoms with Crippen molar-refractivity contribution in [2.75, 3.05) is 27.2 Å². The lowest BCUT2D eigenvalue weighted by molar-refractivity contribution is 0.0699. The molecule has 5 heteroatoms. The first-order valence-electron chi connectivity index (χ1n) is 7.01. The minimum atomic E-state index is 0.0575. The van der Waals surface area contributed by atoms with E-state index in [1.165, 1.54) is 6.42 Å². The maximum Gasteiger partial charge on any atom is 0.141 e. The molecular formula is C13H27N5. The summed E-state index contributed by atoms with van der Waals surface area (Å²) in [6.07, 6.45) is 2.42. The topological polar surface area (TPSA) is 56.9 Å². The SMILES string of the molecule is CC1CCC2C(N)C(NCCN(C)C)=NN2C1C. The van der Waals surface area contributed by atoms with E-state index >= 15 is 0 Å². The third-order valence-electron chi connectivity index (χ3n) is 4.32. The average molecular weight is 253 g/mol. The summed E-state index contributed by atoms with van der Waals surface area (Å²) >= 11 is 0. The van der Waals surface area contributed by atoms with Crippen LogP contribution in [0.2, 0.25) is 0 Å². The zero-order chi connectivity index (χ0) is 13.3. The first kappa shape index (κ1) is 13.6. The molecule has 0 aromatic rings. The lowest BCUT2D eigenvalue weighted by atomic mass is 9.87. The van der Waals surface area contributed by atoms with Crippen LogP contribution in [0.4, 0.5) is 0 Å². The van der Waals surface area contributed by atoms with Crippen molar-refractivity contribution in [1.82, 2.24) is 15.2 Å². The Balaban J connectivity index is 1.95. The van der Waals surface area contributed by atoms with Gasteiger partial charge in [-0.3, -0.25) is 5.01 Å². The summed E-state index contributed by atoms with van der Waals surface area (Å²) in [6.45, 7) is 6.47. The molecule has 0 aliphatic carbocycles. The molecule has 1 fully saturated rings. The van der Waals surface area contributed by atoms with Crippen LogP contribution < -0.4 is 11.1 Å². The van der Waals surface area contributed by atoms with E-state index in [-0.39, 0.29) is 6.04 Å². The number of rotatable bonds is 3. The van der Waals surface area contributed by atoms with Crippen LogP contribution in [0.5, 0.6) is 0 Å². The van der Waals surface area contributed by atoms with Gasteiger partial charge in [-0.2, -0.15) is 5.10 Å². The van der Waals surface area contributed by atoms with Gasteiger partial charge in [0.1, 0.15) is 5.84 Å². The van der Waals surface area contributed by atoms with Crippen molar-refractivity contribution in [1.29, 1.82) is 0 Å². The maximum absolute atomic E-state index is 6.31. The van der Waals surface area contributed by atoms with Crippen molar-refractivity contribution >= 4 is 5.84 Å². The predicted molar refractivity (Wildman–Crippen MR) is 75.5 cm³/mol. The number of nitrogens with one attached hydrogen (secondary N) is 1. The summed E-state index contributed by atoms with van der Waals surface area (Å²) < 4.78 is 0. The van der Waals surface area contributed by atoms with Crippen LogP contribution in [-0.2, 0) is 0 Å². The highest BCUT2D eigenvalue weighted by Crippen LogP contribution is 2.32. The zero-order valence-corrected chi connectivity index (χ0v) is 12.1. The summed E-state index contributed by atoms with van der Waals surface area (Å²) in [5, 5.41) is 10.3. The third-order valence-corrected chi connectivity index (χ3v) is 4.32. The Morgan fingerprint density at radius 1 is 1.39 bits per heavy atom. The maximum atomic E-state index is 6.31. The van der Waals surface area contributed by atoms with Gasteiger partial charge in [0.05, 0.1) is 12.1 Å². The van der Waals surface area contributed by atoms with Gasteiger partial charge in [0, 0.05) is 19.1 Å². The number of piperidine rings is 1. The molecule has 5 nitrogen and oxygen atoms in total. The molecule has 2 heterocycles. The summed E-state index contributed by atoms with van der Waals surface area (Å²) in [6, 6.07) is 0.961. The molecule has 0 aromatic carbocycles. The normalized spacial score (nSPS) is 35.7. The van der Waals surface area contributed by atoms with Gasteiger partial charge in [0.2, 0.25) is 0 Å². The molecule has 4 unspecified atom stereocenters. The van der Waals surface area contributed by atoms with E-state index in [4.69, 9.17) is 10.8 Å². The average Bonchev–Trinajstić information content (AvgIpc) is 2.62. The summed E-state index contributed by atoms with van der Waals surface area (Å²) in [7, 11) is 4.15. The van der Waals surface area contributed by atoms with E-state index in [0.717, 1.165) is 25.3 Å². The molecule has 2 rings (SSSR count). The minimum absolute atomic E-state index is 0.0575. The van der Waals surface area contributed by atoms with Gasteiger partial charge in [0.25, 0.3) is 0 Å². The standard InChI is InChI=1S/C13H27N5/c1-9-5-6-11-12(14)13(15-7-8-17(3)4)16-18(11)10(9)2/h9-12H,5-8,14H2,1-4H3,(H,15,16). The number of nitrogens with two attached hydrogens (primary N) is 1. The molecule has 2 aliphatic heterocycles. The number of nitrogens with zero attached hydrogens (tertiary/aromatic N) is 3. The number of hydrogen-bond donors (Lipinski definition) is 2. The van der Waals surface area contributed by atoms with Crippen LogP contribution in [0.3, 0.4) is 0 Å². The van der Waals surface area contributed by atoms with Crippen LogP contribution >= 0.6 is 0 Å². The van der Waals surface area contributed by atoms with Crippen LogP contribution in [0.1, 0.15) is 26.7 Å². The van der Waals surface area contributed by atoms with Crippen molar-refractivity contribution in [2.45, 2.75) is 44.8 Å². The Kier molecular flexibility index (Phi) is 4.12. The fourth-order valence-corrected chi connectivity index (χ4v) is 2.81. The number of hydrazone groups is 1. The second-order valence-corrected chi connectivity index (χ2v) is 5.98. The molecule has 0 bridgehead atoms. The molecule has 0 spiro atoms. The summed E-state index contributed by atoms with van der Waals surface area (Å²) in [4.78, 5) is 2.16. The van der Waals surface area contributed by atoms with E-state index in [9.17, 15) is 0 Å². The Morgan fingerprint density at radius 3 is 2.78 bits per heavy atom. The third kappa shape index (κ3) is 2.62. The summed E-state index contributed by atoms with van der Waals surface area (Å²) in [5.41, 5.74) is 6.31. The molecule has 0 amide bonds. The van der Waals surface area contributed by atoms with Crippen LogP contribution in [0.15, 0.2) is 5.10 Å². The Morgan fingerprint density at radius 2 is 2.11 bits per heavy atom. The highest BCUT2D eigenvalue weighted by atomic mass is 15.5. The highest BCUT2D eigenvalue weighted by molar-refractivity contribution is 5.89. The van der Waals surface area contributed by atoms with E-state index in [2.05, 4.69) is 43.2 Å². The Hall–Kier alpha value is -0.810. The van der Waals surface area contributed by atoms with E-state index in [0.29, 0.717) is 18.0 Å². The molecule has 18 heavy (non-hydrogen) atoms. The smallest absolute Gasteiger partial charge is 0.141 e. The van der Waals surface area contributed by atoms with E-state index in [1.807, 2.05) is 0 Å². The van der Waals surface area contributed by atoms with Crippen molar-refractivity contribution in [3.8, 4) is 0 Å². The minimum Gasteiger partial charge on any atom is -0.369 e. The zero-order valence-electron chi connectivity index (χ0n) is 12.1. The van der Waals surface area contributed by atoms with Crippen molar-refractivity contribution in [2.24, 2.45) is 16.8 Å². The fourth-order valence-electron chi connectivity index (χ4n) is 2.81. The van der Waals surface area contributed by atoms with Gasteiger partial charge in [0.15, 0.2) is 0 Å². The van der Waals surface area contributed by atoms with Crippen molar-refractivity contribution in [3.05, 3.63) is 0 Å². The second kappa shape index (κ2) is 5.45. The number of amidine groups is 1. The molecule has 104 valence electrons. The highest BCUT2D eigenvalue weighted by Gasteiger charge is 2.41. The van der Waals surface area contributed by atoms with E-state index < -0.39 is 0 Å². The largest absolute Gasteiger partial charge is 0.369 e. The number of fused-ring (bicyclic) bond motifs is 1. The lowest BCUT2D eigenvalue weighted by Gasteiger charge is -2.39. The van der Waals surface area contributed by atoms with Gasteiger partial charge in [-0.05, 0) is 39.8 Å². The van der Waals surface area contributed by atoms with E-state index in [1.54, 1.807) is 0 Å². The molecule has 0 saturated carbocycles. The van der Waals surface area contributed by atoms with Gasteiger partial charge in [-0.25, -0.2) is 0 Å². The Bertz CT molecular complexity index is 315. The fraction of sp³-hybridized carbons (Fsp3) is 0.923. The monoisotopic (exact) mass is 253 g/mol. The Labute approximate surface area is 110 Å². The first-order chi connectivity index (χ1) is 8.50.